The summed E-state index contributed by atoms with van der Waals surface area (Å²) in [5.74, 6) is 5.17. The number of hydrogen-bond acceptors (Lipinski definition) is 7. The lowest BCUT2D eigenvalue weighted by atomic mass is 10.5. The number of aromatic amines is 1. The van der Waals surface area contributed by atoms with Crippen LogP contribution in [-0.4, -0.2) is 25.7 Å². The fourth-order valence-electron chi connectivity index (χ4n) is 1.51. The van der Waals surface area contributed by atoms with E-state index in [9.17, 15) is 9.59 Å². The van der Waals surface area contributed by atoms with Gasteiger partial charge in [0.05, 0.1) is 5.69 Å². The number of thioether (sulfide) groups is 1. The minimum atomic E-state index is -0.408. The van der Waals surface area contributed by atoms with E-state index in [4.69, 9.17) is 5.84 Å². The van der Waals surface area contributed by atoms with Gasteiger partial charge in [0.1, 0.15) is 0 Å². The summed E-state index contributed by atoms with van der Waals surface area (Å²) in [6.07, 6.45) is 0.852. The molecule has 2 rings (SSSR count). The number of hydrogen-bond donors (Lipinski definition) is 3. The van der Waals surface area contributed by atoms with Gasteiger partial charge in [0.15, 0.2) is 10.2 Å². The van der Waals surface area contributed by atoms with Gasteiger partial charge in [0.25, 0.3) is 5.91 Å². The first-order chi connectivity index (χ1) is 9.65. The average Bonchev–Trinajstić information content (AvgIpc) is 3.05. The van der Waals surface area contributed by atoms with Gasteiger partial charge in [-0.2, -0.15) is 0 Å². The number of aromatic nitrogens is 4. The molecule has 0 unspecified atom stereocenters. The van der Waals surface area contributed by atoms with E-state index >= 15 is 0 Å². The zero-order valence-electron chi connectivity index (χ0n) is 10.8. The number of amides is 1. The molecule has 0 saturated carbocycles. The maximum atomic E-state index is 11.5. The van der Waals surface area contributed by atoms with Gasteiger partial charge < -0.3 is 0 Å². The highest BCUT2D eigenvalue weighted by Gasteiger charge is 2.12. The van der Waals surface area contributed by atoms with Crippen LogP contribution >= 0.6 is 23.1 Å². The largest absolute Gasteiger partial charge is 0.343 e. The number of nitrogens with one attached hydrogen (secondary N) is 2. The number of thiazole rings is 1. The molecule has 0 bridgehead atoms. The summed E-state index contributed by atoms with van der Waals surface area (Å²) in [4.78, 5) is 27.0. The lowest BCUT2D eigenvalue weighted by molar-refractivity contribution is 0.0953. The Balaban J connectivity index is 2.03. The summed E-state index contributed by atoms with van der Waals surface area (Å²) >= 11 is 2.62. The number of nitrogens with two attached hydrogens (primary N) is 1. The maximum absolute atomic E-state index is 11.5. The Kier molecular flexibility index (Phi) is 4.93. The molecule has 10 heteroatoms. The second-order valence-electron chi connectivity index (χ2n) is 3.87. The summed E-state index contributed by atoms with van der Waals surface area (Å²) in [7, 11) is 0. The van der Waals surface area contributed by atoms with Crippen molar-refractivity contribution in [1.29, 1.82) is 0 Å². The second-order valence-corrected chi connectivity index (χ2v) is 5.67. The molecule has 2 aromatic heterocycles. The van der Waals surface area contributed by atoms with Crippen molar-refractivity contribution in [3.63, 3.8) is 0 Å². The van der Waals surface area contributed by atoms with Crippen LogP contribution in [0.2, 0.25) is 0 Å². The minimum absolute atomic E-state index is 0.212. The highest BCUT2D eigenvalue weighted by molar-refractivity contribution is 7.98. The van der Waals surface area contributed by atoms with E-state index in [2.05, 4.69) is 15.2 Å². The van der Waals surface area contributed by atoms with Gasteiger partial charge in [-0.15, -0.1) is 16.4 Å². The van der Waals surface area contributed by atoms with E-state index in [1.54, 1.807) is 9.95 Å². The van der Waals surface area contributed by atoms with Crippen molar-refractivity contribution < 1.29 is 4.79 Å². The van der Waals surface area contributed by atoms with E-state index in [-0.39, 0.29) is 5.69 Å². The monoisotopic (exact) mass is 314 g/mol. The van der Waals surface area contributed by atoms with E-state index in [0.717, 1.165) is 12.1 Å². The number of rotatable bonds is 6. The van der Waals surface area contributed by atoms with E-state index < -0.39 is 5.91 Å². The molecule has 4 N–H and O–H groups in total. The van der Waals surface area contributed by atoms with Crippen LogP contribution in [0, 0.1) is 0 Å². The number of nitrogens with zero attached hydrogens (tertiary/aromatic N) is 3. The first kappa shape index (κ1) is 14.8. The van der Waals surface area contributed by atoms with Crippen molar-refractivity contribution >= 4 is 29.0 Å². The topological polar surface area (TPSA) is 119 Å². The van der Waals surface area contributed by atoms with Gasteiger partial charge in [-0.3, -0.25) is 14.8 Å². The molecule has 0 saturated heterocycles. The van der Waals surface area contributed by atoms with Crippen LogP contribution in [0.15, 0.2) is 15.3 Å². The van der Waals surface area contributed by atoms with Crippen LogP contribution < -0.4 is 17.0 Å². The van der Waals surface area contributed by atoms with Crippen molar-refractivity contribution in [1.82, 2.24) is 25.2 Å². The zero-order valence-corrected chi connectivity index (χ0v) is 12.4. The fourth-order valence-corrected chi connectivity index (χ4v) is 3.20. The maximum Gasteiger partial charge on any atom is 0.343 e. The van der Waals surface area contributed by atoms with Crippen molar-refractivity contribution in [2.75, 3.05) is 0 Å². The van der Waals surface area contributed by atoms with Crippen molar-refractivity contribution in [3.8, 4) is 0 Å². The first-order valence-corrected chi connectivity index (χ1v) is 7.75. The molecule has 2 aromatic rings. The summed E-state index contributed by atoms with van der Waals surface area (Å²) in [6.45, 7) is 2.61. The molecule has 0 aliphatic rings. The molecule has 20 heavy (non-hydrogen) atoms. The third kappa shape index (κ3) is 3.26. The Labute approximate surface area is 122 Å². The molecular weight excluding hydrogens is 300 g/mol. The van der Waals surface area contributed by atoms with Crippen LogP contribution in [0.1, 0.15) is 28.8 Å². The van der Waals surface area contributed by atoms with Crippen LogP contribution in [0.25, 0.3) is 0 Å². The molecule has 0 fully saturated rings. The standard InChI is InChI=1S/C10H14N6O2S2/c1-2-3-16-9(18)14-15-10(16)20-5-6-4-19-8(12-6)7(17)13-11/h4H,2-3,5,11H2,1H3,(H,13,17)(H,14,18). The summed E-state index contributed by atoms with van der Waals surface area (Å²) in [5, 5.41) is 9.12. The van der Waals surface area contributed by atoms with Gasteiger partial charge in [-0.1, -0.05) is 18.7 Å². The Morgan fingerprint density at radius 2 is 2.45 bits per heavy atom. The molecule has 1 amide bonds. The Morgan fingerprint density at radius 1 is 1.65 bits per heavy atom. The lowest BCUT2D eigenvalue weighted by Crippen LogP contribution is -2.29. The Morgan fingerprint density at radius 3 is 3.15 bits per heavy atom. The molecule has 0 atom stereocenters. The summed E-state index contributed by atoms with van der Waals surface area (Å²) in [6, 6.07) is 0. The molecule has 108 valence electrons. The first-order valence-electron chi connectivity index (χ1n) is 5.89. The Hall–Kier alpha value is -1.65. The molecule has 0 aliphatic carbocycles. The van der Waals surface area contributed by atoms with Gasteiger partial charge in [0, 0.05) is 17.7 Å². The van der Waals surface area contributed by atoms with Crippen LogP contribution in [0.5, 0.6) is 0 Å². The molecular formula is C10H14N6O2S2. The molecule has 0 spiro atoms. The van der Waals surface area contributed by atoms with Crippen LogP contribution in [-0.2, 0) is 12.3 Å². The van der Waals surface area contributed by atoms with E-state index in [1.807, 2.05) is 12.3 Å². The van der Waals surface area contributed by atoms with Gasteiger partial charge in [-0.05, 0) is 6.42 Å². The fraction of sp³-hybridized carbons (Fsp3) is 0.400. The summed E-state index contributed by atoms with van der Waals surface area (Å²) in [5.41, 5.74) is 2.57. The van der Waals surface area contributed by atoms with Gasteiger partial charge in [0.2, 0.25) is 0 Å². The predicted octanol–water partition coefficient (Wildman–Crippen LogP) is 0.334. The minimum Gasteiger partial charge on any atom is -0.288 e. The van der Waals surface area contributed by atoms with Gasteiger partial charge >= 0.3 is 5.69 Å². The number of carbonyl (C=O) groups excluding carboxylic acids is 1. The molecule has 0 radical (unpaired) electrons. The highest BCUT2D eigenvalue weighted by Crippen LogP contribution is 2.21. The predicted molar refractivity (Wildman–Crippen MR) is 76.5 cm³/mol. The normalized spacial score (nSPS) is 10.7. The van der Waals surface area contributed by atoms with Crippen LogP contribution in [0.4, 0.5) is 0 Å². The van der Waals surface area contributed by atoms with Crippen molar-refractivity contribution in [2.24, 2.45) is 5.84 Å². The molecule has 0 aromatic carbocycles. The highest BCUT2D eigenvalue weighted by atomic mass is 32.2. The third-order valence-corrected chi connectivity index (χ3v) is 4.30. The quantitative estimate of drug-likeness (QED) is 0.306. The second kappa shape index (κ2) is 6.68. The SMILES string of the molecule is CCCn1c(SCc2csc(C(=O)NN)n2)n[nH]c1=O. The summed E-state index contributed by atoms with van der Waals surface area (Å²) < 4.78 is 1.59. The number of H-pyrrole nitrogens is 1. The number of hydrazine groups is 1. The van der Waals surface area contributed by atoms with E-state index in [1.165, 1.54) is 23.1 Å². The van der Waals surface area contributed by atoms with Gasteiger partial charge in [-0.25, -0.2) is 20.7 Å². The Bertz CT molecular complexity index is 646. The third-order valence-electron chi connectivity index (χ3n) is 2.40. The van der Waals surface area contributed by atoms with Crippen molar-refractivity contribution in [3.05, 3.63) is 26.6 Å². The molecule has 0 aliphatic heterocycles. The molecule has 8 nitrogen and oxygen atoms in total. The lowest BCUT2D eigenvalue weighted by Gasteiger charge is -2.01. The number of nitrogen functional groups attached to an aromatic ring is 1. The van der Waals surface area contributed by atoms with Crippen molar-refractivity contribution in [2.45, 2.75) is 30.8 Å². The van der Waals surface area contributed by atoms with Crippen LogP contribution in [0.3, 0.4) is 0 Å². The zero-order chi connectivity index (χ0) is 14.5. The van der Waals surface area contributed by atoms with E-state index in [0.29, 0.717) is 22.5 Å². The smallest absolute Gasteiger partial charge is 0.288 e. The average molecular weight is 314 g/mol. The number of carbonyl (C=O) groups is 1. The molecule has 2 heterocycles.